The molecular weight excluding hydrogens is 186 g/mol. The number of nitrogens with zero attached hydrogens (tertiary/aromatic N) is 1. The highest BCUT2D eigenvalue weighted by Gasteiger charge is 2.04. The van der Waals surface area contributed by atoms with Crippen LogP contribution in [0.1, 0.15) is 12.5 Å². The molecule has 2 heteroatoms. The molecule has 0 saturated heterocycles. The average molecular weight is 201 g/mol. The molecule has 2 rings (SSSR count). The maximum absolute atomic E-state index is 9.20. The van der Waals surface area contributed by atoms with Gasteiger partial charge in [0.2, 0.25) is 0 Å². The minimum absolute atomic E-state index is 0.0917. The molecule has 2 nitrogen and oxygen atoms in total. The van der Waals surface area contributed by atoms with E-state index in [1.54, 1.807) is 0 Å². The Labute approximate surface area is 89.5 Å². The van der Waals surface area contributed by atoms with Crippen molar-refractivity contribution in [3.63, 3.8) is 0 Å². The Kier molecular flexibility index (Phi) is 2.60. The van der Waals surface area contributed by atoms with Crippen LogP contribution in [0.4, 0.5) is 0 Å². The number of fused-ring (bicyclic) bond motifs is 1. The first-order valence-electron chi connectivity index (χ1n) is 5.04. The molecule has 0 atom stereocenters. The fourth-order valence-electron chi connectivity index (χ4n) is 1.85. The Morgan fingerprint density at radius 2 is 2.20 bits per heavy atom. The second kappa shape index (κ2) is 3.91. The second-order valence-corrected chi connectivity index (χ2v) is 3.91. The van der Waals surface area contributed by atoms with E-state index >= 15 is 0 Å². The van der Waals surface area contributed by atoms with Crippen molar-refractivity contribution < 1.29 is 5.11 Å². The molecule has 0 bridgehead atoms. The zero-order valence-electron chi connectivity index (χ0n) is 8.90. The lowest BCUT2D eigenvalue weighted by Gasteiger charge is -2.05. The zero-order valence-corrected chi connectivity index (χ0v) is 8.90. The van der Waals surface area contributed by atoms with Gasteiger partial charge >= 0.3 is 0 Å². The Morgan fingerprint density at radius 3 is 2.87 bits per heavy atom. The topological polar surface area (TPSA) is 25.2 Å². The summed E-state index contributed by atoms with van der Waals surface area (Å²) < 4.78 is 2.15. The number of rotatable bonds is 3. The Morgan fingerprint density at radius 1 is 1.40 bits per heavy atom. The van der Waals surface area contributed by atoms with E-state index in [4.69, 9.17) is 0 Å². The van der Waals surface area contributed by atoms with Crippen molar-refractivity contribution in [2.24, 2.45) is 0 Å². The molecule has 0 aliphatic heterocycles. The summed E-state index contributed by atoms with van der Waals surface area (Å²) in [5, 5.41) is 10.3. The highest BCUT2D eigenvalue weighted by molar-refractivity contribution is 5.83. The number of allylic oxidation sites excluding steroid dienone is 1. The summed E-state index contributed by atoms with van der Waals surface area (Å²) in [5.74, 6) is 0. The fraction of sp³-hybridized carbons (Fsp3) is 0.231. The maximum atomic E-state index is 9.20. The Hall–Kier alpha value is -1.54. The number of aromatic nitrogens is 1. The average Bonchev–Trinajstić information content (AvgIpc) is 2.61. The SMILES string of the molecule is C=C(C)Cn1ccc2c(CO)cccc21. The summed E-state index contributed by atoms with van der Waals surface area (Å²) >= 11 is 0. The van der Waals surface area contributed by atoms with Crippen LogP contribution in [-0.4, -0.2) is 9.67 Å². The van der Waals surface area contributed by atoms with Crippen molar-refractivity contribution in [2.45, 2.75) is 20.1 Å². The van der Waals surface area contributed by atoms with Crippen LogP contribution in [0.2, 0.25) is 0 Å². The van der Waals surface area contributed by atoms with Crippen molar-refractivity contribution in [3.8, 4) is 0 Å². The molecule has 1 N–H and O–H groups in total. The van der Waals surface area contributed by atoms with Crippen LogP contribution in [0.3, 0.4) is 0 Å². The molecule has 0 aliphatic carbocycles. The molecule has 0 fully saturated rings. The summed E-state index contributed by atoms with van der Waals surface area (Å²) in [4.78, 5) is 0. The lowest BCUT2D eigenvalue weighted by molar-refractivity contribution is 0.283. The van der Waals surface area contributed by atoms with Gasteiger partial charge in [0.05, 0.1) is 6.61 Å². The van der Waals surface area contributed by atoms with Crippen molar-refractivity contribution >= 4 is 10.9 Å². The van der Waals surface area contributed by atoms with Crippen molar-refractivity contribution in [1.29, 1.82) is 0 Å². The van der Waals surface area contributed by atoms with Gasteiger partial charge in [-0.25, -0.2) is 0 Å². The molecule has 1 aromatic carbocycles. The van der Waals surface area contributed by atoms with Gasteiger partial charge in [-0.15, -0.1) is 0 Å². The highest BCUT2D eigenvalue weighted by atomic mass is 16.3. The van der Waals surface area contributed by atoms with E-state index in [-0.39, 0.29) is 6.61 Å². The molecular formula is C13H15NO. The Bertz CT molecular complexity index is 496. The number of aliphatic hydroxyl groups excluding tert-OH is 1. The van der Waals surface area contributed by atoms with Crippen molar-refractivity contribution in [2.75, 3.05) is 0 Å². The van der Waals surface area contributed by atoms with Crippen molar-refractivity contribution in [3.05, 3.63) is 48.2 Å². The van der Waals surface area contributed by atoms with Gasteiger partial charge in [-0.2, -0.15) is 0 Å². The molecule has 0 aliphatic rings. The largest absolute Gasteiger partial charge is 0.392 e. The maximum Gasteiger partial charge on any atom is 0.0688 e. The monoisotopic (exact) mass is 201 g/mol. The van der Waals surface area contributed by atoms with Gasteiger partial charge in [0.25, 0.3) is 0 Å². The minimum atomic E-state index is 0.0917. The smallest absolute Gasteiger partial charge is 0.0688 e. The van der Waals surface area contributed by atoms with E-state index in [1.807, 2.05) is 31.3 Å². The number of benzene rings is 1. The summed E-state index contributed by atoms with van der Waals surface area (Å²) in [6.07, 6.45) is 2.04. The standard InChI is InChI=1S/C13H15NO/c1-10(2)8-14-7-6-12-11(9-15)4-3-5-13(12)14/h3-7,15H,1,8-9H2,2H3. The molecule has 0 unspecified atom stereocenters. The van der Waals surface area contributed by atoms with Crippen LogP contribution < -0.4 is 0 Å². The third-order valence-electron chi connectivity index (χ3n) is 2.51. The minimum Gasteiger partial charge on any atom is -0.392 e. The van der Waals surface area contributed by atoms with E-state index in [0.717, 1.165) is 28.6 Å². The summed E-state index contributed by atoms with van der Waals surface area (Å²) in [6, 6.07) is 8.04. The van der Waals surface area contributed by atoms with Crippen molar-refractivity contribution in [1.82, 2.24) is 4.57 Å². The lowest BCUT2D eigenvalue weighted by Crippen LogP contribution is -1.96. The van der Waals surface area contributed by atoms with Gasteiger partial charge in [0.1, 0.15) is 0 Å². The van der Waals surface area contributed by atoms with Gasteiger partial charge in [-0.1, -0.05) is 24.3 Å². The predicted molar refractivity (Wildman–Crippen MR) is 62.7 cm³/mol. The quantitative estimate of drug-likeness (QED) is 0.759. The van der Waals surface area contributed by atoms with Crippen LogP contribution in [-0.2, 0) is 13.2 Å². The molecule has 0 radical (unpaired) electrons. The Balaban J connectivity index is 2.55. The normalized spacial score (nSPS) is 10.8. The first-order chi connectivity index (χ1) is 7.22. The van der Waals surface area contributed by atoms with Gasteiger partial charge < -0.3 is 9.67 Å². The molecule has 2 aromatic rings. The van der Waals surface area contributed by atoms with E-state index in [0.29, 0.717) is 0 Å². The number of hydrogen-bond donors (Lipinski definition) is 1. The van der Waals surface area contributed by atoms with Crippen LogP contribution in [0.15, 0.2) is 42.6 Å². The third-order valence-corrected chi connectivity index (χ3v) is 2.51. The van der Waals surface area contributed by atoms with Crippen LogP contribution in [0.25, 0.3) is 10.9 Å². The third kappa shape index (κ3) is 1.81. The predicted octanol–water partition coefficient (Wildman–Crippen LogP) is 2.71. The van der Waals surface area contributed by atoms with Gasteiger partial charge in [-0.05, 0) is 24.6 Å². The van der Waals surface area contributed by atoms with Gasteiger partial charge in [-0.3, -0.25) is 0 Å². The molecule has 78 valence electrons. The van der Waals surface area contributed by atoms with Crippen LogP contribution in [0.5, 0.6) is 0 Å². The van der Waals surface area contributed by atoms with E-state index in [9.17, 15) is 5.11 Å². The molecule has 0 amide bonds. The van der Waals surface area contributed by atoms with Gasteiger partial charge in [0, 0.05) is 23.6 Å². The molecule has 15 heavy (non-hydrogen) atoms. The molecule has 0 spiro atoms. The van der Waals surface area contributed by atoms with E-state index < -0.39 is 0 Å². The summed E-state index contributed by atoms with van der Waals surface area (Å²) in [7, 11) is 0. The zero-order chi connectivity index (χ0) is 10.8. The highest BCUT2D eigenvalue weighted by Crippen LogP contribution is 2.20. The molecule has 1 aromatic heterocycles. The van der Waals surface area contributed by atoms with Gasteiger partial charge in [0.15, 0.2) is 0 Å². The summed E-state index contributed by atoms with van der Waals surface area (Å²) in [6.45, 7) is 6.85. The fourth-order valence-corrected chi connectivity index (χ4v) is 1.85. The lowest BCUT2D eigenvalue weighted by atomic mass is 10.1. The van der Waals surface area contributed by atoms with E-state index in [2.05, 4.69) is 17.2 Å². The molecule has 0 saturated carbocycles. The van der Waals surface area contributed by atoms with Crippen LogP contribution in [0, 0.1) is 0 Å². The molecule has 1 heterocycles. The number of hydrogen-bond acceptors (Lipinski definition) is 1. The van der Waals surface area contributed by atoms with E-state index in [1.165, 1.54) is 0 Å². The van der Waals surface area contributed by atoms with Crippen LogP contribution >= 0.6 is 0 Å². The summed E-state index contributed by atoms with van der Waals surface area (Å²) in [5.41, 5.74) is 3.26. The first-order valence-corrected chi connectivity index (χ1v) is 5.04. The first kappa shape index (κ1) is 9.99. The number of aliphatic hydroxyl groups is 1. The second-order valence-electron chi connectivity index (χ2n) is 3.91.